The van der Waals surface area contributed by atoms with Gasteiger partial charge in [-0.15, -0.1) is 0 Å². The summed E-state index contributed by atoms with van der Waals surface area (Å²) in [5, 5.41) is 3.61. The molecule has 0 saturated carbocycles. The number of rotatable bonds is 7. The Morgan fingerprint density at radius 1 is 1.26 bits per heavy atom. The summed E-state index contributed by atoms with van der Waals surface area (Å²) in [5.41, 5.74) is 2.42. The number of para-hydroxylation sites is 1. The van der Waals surface area contributed by atoms with Crippen molar-refractivity contribution in [2.75, 3.05) is 12.4 Å². The van der Waals surface area contributed by atoms with Gasteiger partial charge in [-0.2, -0.15) is 0 Å². The molecule has 1 rings (SSSR count). The highest BCUT2D eigenvalue weighted by molar-refractivity contribution is 5.66. The van der Waals surface area contributed by atoms with Crippen LogP contribution in [-0.2, 0) is 0 Å². The second-order valence-electron chi connectivity index (χ2n) is 4.61. The summed E-state index contributed by atoms with van der Waals surface area (Å²) in [7, 11) is 2.12. The molecule has 19 heavy (non-hydrogen) atoms. The molecule has 0 heterocycles. The molecule has 1 atom stereocenters. The third-order valence-corrected chi connectivity index (χ3v) is 3.08. The Hall–Kier alpha value is -1.70. The van der Waals surface area contributed by atoms with E-state index in [-0.39, 0.29) is 0 Å². The maximum absolute atomic E-state index is 3.61. The van der Waals surface area contributed by atoms with Crippen molar-refractivity contribution in [3.8, 4) is 0 Å². The fourth-order valence-electron chi connectivity index (χ4n) is 2.00. The summed E-state index contributed by atoms with van der Waals surface area (Å²) in [4.78, 5) is 2.23. The molecule has 0 aromatic heterocycles. The van der Waals surface area contributed by atoms with Crippen LogP contribution in [0.4, 0.5) is 5.69 Å². The van der Waals surface area contributed by atoms with Gasteiger partial charge < -0.3 is 10.2 Å². The number of anilines is 1. The summed E-state index contributed by atoms with van der Waals surface area (Å²) < 4.78 is 0. The molecule has 1 aromatic rings. The number of nitrogens with zero attached hydrogens (tertiary/aromatic N) is 1. The predicted octanol–water partition coefficient (Wildman–Crippen LogP) is 4.72. The van der Waals surface area contributed by atoms with Crippen molar-refractivity contribution in [2.24, 2.45) is 0 Å². The van der Waals surface area contributed by atoms with Crippen LogP contribution in [-0.4, -0.2) is 18.1 Å². The summed E-state index contributed by atoms with van der Waals surface area (Å²) >= 11 is 0. The van der Waals surface area contributed by atoms with Crippen LogP contribution in [0.3, 0.4) is 0 Å². The van der Waals surface area contributed by atoms with Crippen LogP contribution in [0, 0.1) is 0 Å². The van der Waals surface area contributed by atoms with Crippen LogP contribution in [0.25, 0.3) is 6.08 Å². The molecule has 0 aliphatic heterocycles. The fraction of sp³-hybridized carbons (Fsp3) is 0.412. The normalized spacial score (nSPS) is 13.1. The molecule has 1 N–H and O–H groups in total. The summed E-state index contributed by atoms with van der Waals surface area (Å²) in [6.45, 7) is 6.40. The van der Waals surface area contributed by atoms with E-state index in [1.807, 2.05) is 6.92 Å². The molecule has 104 valence electrons. The highest BCUT2D eigenvalue weighted by Crippen LogP contribution is 2.19. The highest BCUT2D eigenvalue weighted by atomic mass is 15.2. The Balaban J connectivity index is 2.83. The van der Waals surface area contributed by atoms with Gasteiger partial charge in [0.25, 0.3) is 0 Å². The van der Waals surface area contributed by atoms with Gasteiger partial charge in [0.05, 0.1) is 6.17 Å². The zero-order valence-corrected chi connectivity index (χ0v) is 12.6. The van der Waals surface area contributed by atoms with E-state index in [0.29, 0.717) is 6.17 Å². The maximum atomic E-state index is 3.61. The first kappa shape index (κ1) is 15.4. The van der Waals surface area contributed by atoms with Crippen molar-refractivity contribution in [1.82, 2.24) is 4.90 Å². The summed E-state index contributed by atoms with van der Waals surface area (Å²) in [6, 6.07) is 8.42. The van der Waals surface area contributed by atoms with Gasteiger partial charge >= 0.3 is 0 Å². The average molecular weight is 258 g/mol. The minimum Gasteiger partial charge on any atom is -0.365 e. The summed E-state index contributed by atoms with van der Waals surface area (Å²) in [6.07, 6.45) is 11.0. The van der Waals surface area contributed by atoms with Crippen molar-refractivity contribution in [3.05, 3.63) is 48.2 Å². The molecule has 2 heteroatoms. The van der Waals surface area contributed by atoms with E-state index in [0.717, 1.165) is 12.8 Å². The molecule has 0 bridgehead atoms. The van der Waals surface area contributed by atoms with Gasteiger partial charge in [-0.05, 0) is 37.6 Å². The quantitative estimate of drug-likeness (QED) is 0.712. The molecule has 1 unspecified atom stereocenters. The van der Waals surface area contributed by atoms with Crippen LogP contribution in [0.2, 0.25) is 0 Å². The summed E-state index contributed by atoms with van der Waals surface area (Å²) in [5.74, 6) is 0. The first-order chi connectivity index (χ1) is 9.22. The highest BCUT2D eigenvalue weighted by Gasteiger charge is 2.10. The molecule has 0 saturated heterocycles. The maximum Gasteiger partial charge on any atom is 0.0979 e. The van der Waals surface area contributed by atoms with E-state index in [2.05, 4.69) is 79.8 Å². The van der Waals surface area contributed by atoms with Crippen LogP contribution >= 0.6 is 0 Å². The van der Waals surface area contributed by atoms with E-state index in [1.165, 1.54) is 11.3 Å². The van der Waals surface area contributed by atoms with E-state index >= 15 is 0 Å². The molecule has 0 aliphatic rings. The Bertz CT molecular complexity index is 421. The molecule has 0 amide bonds. The Labute approximate surface area is 117 Å². The Morgan fingerprint density at radius 2 is 2.00 bits per heavy atom. The molecule has 0 spiro atoms. The second-order valence-corrected chi connectivity index (χ2v) is 4.61. The number of hydrogen-bond donors (Lipinski definition) is 1. The molecular weight excluding hydrogens is 232 g/mol. The zero-order chi connectivity index (χ0) is 14.1. The van der Waals surface area contributed by atoms with Gasteiger partial charge in [-0.25, -0.2) is 0 Å². The lowest BCUT2D eigenvalue weighted by Gasteiger charge is -2.28. The van der Waals surface area contributed by atoms with Crippen LogP contribution in [0.1, 0.15) is 39.2 Å². The third kappa shape index (κ3) is 4.82. The van der Waals surface area contributed by atoms with Gasteiger partial charge in [0, 0.05) is 12.7 Å². The van der Waals surface area contributed by atoms with Crippen molar-refractivity contribution in [2.45, 2.75) is 39.8 Å². The van der Waals surface area contributed by atoms with Crippen LogP contribution < -0.4 is 5.32 Å². The number of hydrogen-bond acceptors (Lipinski definition) is 2. The number of allylic oxidation sites excluding steroid dienone is 2. The molecule has 1 aromatic carbocycles. The van der Waals surface area contributed by atoms with Crippen LogP contribution in [0.15, 0.2) is 42.6 Å². The predicted molar refractivity (Wildman–Crippen MR) is 86.0 cm³/mol. The smallest absolute Gasteiger partial charge is 0.0979 e. The number of nitrogens with one attached hydrogen (secondary N) is 1. The van der Waals surface area contributed by atoms with Gasteiger partial charge in [-0.3, -0.25) is 0 Å². The van der Waals surface area contributed by atoms with Gasteiger partial charge in [0.15, 0.2) is 0 Å². The lowest BCUT2D eigenvalue weighted by Crippen LogP contribution is -2.34. The van der Waals surface area contributed by atoms with E-state index in [1.54, 1.807) is 0 Å². The van der Waals surface area contributed by atoms with Gasteiger partial charge in [0.1, 0.15) is 0 Å². The molecule has 0 fully saturated rings. The standard InChI is InChI=1S/C17H26N2/c1-5-8-14-19(4)17(7-3)18-16-13-10-9-12-15(16)11-6-2/h6,8-14,17-18H,5,7H2,1-4H3/b11-6+,14-8-. The second kappa shape index (κ2) is 8.41. The van der Waals surface area contributed by atoms with Gasteiger partial charge in [0.2, 0.25) is 0 Å². The lowest BCUT2D eigenvalue weighted by atomic mass is 10.1. The van der Waals surface area contributed by atoms with Crippen molar-refractivity contribution < 1.29 is 0 Å². The largest absolute Gasteiger partial charge is 0.365 e. The van der Waals surface area contributed by atoms with Gasteiger partial charge in [-0.1, -0.05) is 50.3 Å². The molecular formula is C17H26N2. The molecule has 2 nitrogen and oxygen atoms in total. The van der Waals surface area contributed by atoms with Crippen molar-refractivity contribution in [1.29, 1.82) is 0 Å². The van der Waals surface area contributed by atoms with E-state index in [4.69, 9.17) is 0 Å². The first-order valence-corrected chi connectivity index (χ1v) is 7.09. The Kier molecular flexibility index (Phi) is 6.80. The average Bonchev–Trinajstić information content (AvgIpc) is 2.44. The minimum atomic E-state index is 0.314. The minimum absolute atomic E-state index is 0.314. The monoisotopic (exact) mass is 258 g/mol. The fourth-order valence-corrected chi connectivity index (χ4v) is 2.00. The van der Waals surface area contributed by atoms with E-state index < -0.39 is 0 Å². The molecule has 0 aliphatic carbocycles. The SMILES string of the molecule is C/C=C/c1ccccc1NC(CC)N(C)/C=C\CC. The first-order valence-electron chi connectivity index (χ1n) is 7.09. The lowest BCUT2D eigenvalue weighted by molar-refractivity contribution is 0.352. The van der Waals surface area contributed by atoms with Crippen LogP contribution in [0.5, 0.6) is 0 Å². The number of benzene rings is 1. The van der Waals surface area contributed by atoms with Crippen molar-refractivity contribution >= 4 is 11.8 Å². The topological polar surface area (TPSA) is 15.3 Å². The van der Waals surface area contributed by atoms with Crippen molar-refractivity contribution in [3.63, 3.8) is 0 Å². The van der Waals surface area contributed by atoms with E-state index in [9.17, 15) is 0 Å². The molecule has 0 radical (unpaired) electrons. The zero-order valence-electron chi connectivity index (χ0n) is 12.6. The third-order valence-electron chi connectivity index (χ3n) is 3.08. The Morgan fingerprint density at radius 3 is 2.63 bits per heavy atom.